The maximum Gasteiger partial charge on any atom is 0.408 e. The van der Waals surface area contributed by atoms with Crippen molar-refractivity contribution in [1.29, 1.82) is 0 Å². The summed E-state index contributed by atoms with van der Waals surface area (Å²) in [6.07, 6.45) is 0.668. The average molecular weight is 490 g/mol. The number of rotatable bonds is 12. The van der Waals surface area contributed by atoms with Crippen LogP contribution in [0.4, 0.5) is 4.79 Å². The Bertz CT molecular complexity index is 932. The van der Waals surface area contributed by atoms with Crippen molar-refractivity contribution in [2.75, 3.05) is 6.61 Å². The molecule has 1 heterocycles. The number of nitrogens with zero attached hydrogens (tertiary/aromatic N) is 1. The van der Waals surface area contributed by atoms with E-state index in [0.717, 1.165) is 5.56 Å². The van der Waals surface area contributed by atoms with Gasteiger partial charge in [-0.25, -0.2) is 14.6 Å². The molecule has 0 bridgehead atoms. The van der Waals surface area contributed by atoms with Gasteiger partial charge in [-0.2, -0.15) is 0 Å². The smallest absolute Gasteiger partial charge is 0.408 e. The number of esters is 1. The fourth-order valence-electron chi connectivity index (χ4n) is 3.31. The largest absolute Gasteiger partial charge is 0.461 e. The van der Waals surface area contributed by atoms with Gasteiger partial charge >= 0.3 is 12.1 Å². The maximum atomic E-state index is 13.3. The molecule has 0 saturated carbocycles. The number of carbonyl (C=O) groups excluding carboxylic acids is 3. The number of carbonyl (C=O) groups is 3. The minimum atomic E-state index is -0.772. The van der Waals surface area contributed by atoms with Crippen LogP contribution in [0, 0.1) is 11.8 Å². The van der Waals surface area contributed by atoms with Crippen LogP contribution in [0.1, 0.15) is 74.6 Å². The van der Waals surface area contributed by atoms with Crippen molar-refractivity contribution in [3.05, 3.63) is 52.0 Å². The first kappa shape index (κ1) is 27.3. The number of aromatic nitrogens is 1. The molecule has 0 aliphatic heterocycles. The fourth-order valence-corrected chi connectivity index (χ4v) is 4.08. The molecule has 0 saturated heterocycles. The van der Waals surface area contributed by atoms with Crippen LogP contribution >= 0.6 is 11.3 Å². The summed E-state index contributed by atoms with van der Waals surface area (Å²) in [6.45, 7) is 10.1. The highest BCUT2D eigenvalue weighted by Gasteiger charge is 2.30. The summed E-state index contributed by atoms with van der Waals surface area (Å²) in [7, 11) is 0. The zero-order chi connectivity index (χ0) is 25.1. The molecular weight excluding hydrogens is 454 g/mol. The van der Waals surface area contributed by atoms with Crippen LogP contribution in [0.3, 0.4) is 0 Å². The molecule has 0 aliphatic rings. The van der Waals surface area contributed by atoms with Gasteiger partial charge in [0, 0.05) is 5.38 Å². The van der Waals surface area contributed by atoms with Crippen molar-refractivity contribution in [3.63, 3.8) is 0 Å². The Morgan fingerprint density at radius 2 is 1.74 bits per heavy atom. The van der Waals surface area contributed by atoms with E-state index in [0.29, 0.717) is 18.5 Å². The third-order valence-corrected chi connectivity index (χ3v) is 6.17. The summed E-state index contributed by atoms with van der Waals surface area (Å²) >= 11 is 1.19. The molecule has 1 aromatic carbocycles. The van der Waals surface area contributed by atoms with Crippen molar-refractivity contribution in [2.24, 2.45) is 11.8 Å². The minimum Gasteiger partial charge on any atom is -0.461 e. The molecular formula is C25H35N3O5S. The van der Waals surface area contributed by atoms with Gasteiger partial charge < -0.3 is 20.1 Å². The summed E-state index contributed by atoms with van der Waals surface area (Å²) in [4.78, 5) is 42.1. The van der Waals surface area contributed by atoms with E-state index in [1.165, 1.54) is 11.3 Å². The van der Waals surface area contributed by atoms with Gasteiger partial charge in [-0.1, -0.05) is 64.4 Å². The van der Waals surface area contributed by atoms with Crippen molar-refractivity contribution < 1.29 is 23.9 Å². The number of nitrogens with one attached hydrogen (secondary N) is 2. The Balaban J connectivity index is 2.10. The van der Waals surface area contributed by atoms with Crippen LogP contribution < -0.4 is 10.6 Å². The van der Waals surface area contributed by atoms with Gasteiger partial charge in [0.05, 0.1) is 18.3 Å². The monoisotopic (exact) mass is 489 g/mol. The van der Waals surface area contributed by atoms with Crippen LogP contribution in [-0.2, 0) is 20.9 Å². The summed E-state index contributed by atoms with van der Waals surface area (Å²) < 4.78 is 10.3. The van der Waals surface area contributed by atoms with E-state index in [1.54, 1.807) is 12.3 Å². The van der Waals surface area contributed by atoms with E-state index in [4.69, 9.17) is 9.47 Å². The Labute approximate surface area is 205 Å². The number of hydrogen-bond donors (Lipinski definition) is 2. The molecule has 3 unspecified atom stereocenters. The first-order valence-electron chi connectivity index (χ1n) is 11.6. The van der Waals surface area contributed by atoms with Crippen LogP contribution in [0.15, 0.2) is 35.7 Å². The number of hydrogen-bond acceptors (Lipinski definition) is 7. The number of alkyl carbamates (subject to hydrolysis) is 1. The molecule has 8 nitrogen and oxygen atoms in total. The summed E-state index contributed by atoms with van der Waals surface area (Å²) in [5.41, 5.74) is 1.46. The Hall–Kier alpha value is -2.94. The Morgan fingerprint density at radius 1 is 1.03 bits per heavy atom. The van der Waals surface area contributed by atoms with Crippen LogP contribution in [0.25, 0.3) is 0 Å². The molecule has 2 amide bonds. The van der Waals surface area contributed by atoms with Gasteiger partial charge in [-0.3, -0.25) is 4.79 Å². The molecule has 3 atom stereocenters. The van der Waals surface area contributed by atoms with Gasteiger partial charge in [0.1, 0.15) is 12.6 Å². The number of amides is 2. The van der Waals surface area contributed by atoms with E-state index in [-0.39, 0.29) is 36.0 Å². The molecule has 2 N–H and O–H groups in total. The zero-order valence-corrected chi connectivity index (χ0v) is 21.3. The quantitative estimate of drug-likeness (QED) is 0.412. The fraction of sp³-hybridized carbons (Fsp3) is 0.520. The standard InChI is InChI=1S/C25H35N3O5S/c1-6-17(5)21(28-25(31)33-14-18-11-9-8-10-12-18)22(29)26-19(13-16(3)4)20-15-34-23(27-20)24(30)32-7-2/h8-12,15-17,19,21H,6-7,13-14H2,1-5H3,(H,26,29)(H,28,31). The molecule has 1 aromatic heterocycles. The predicted molar refractivity (Wildman–Crippen MR) is 131 cm³/mol. The molecule has 2 aromatic rings. The van der Waals surface area contributed by atoms with E-state index in [2.05, 4.69) is 15.6 Å². The molecule has 34 heavy (non-hydrogen) atoms. The number of benzene rings is 1. The SMILES string of the molecule is CCOC(=O)c1nc(C(CC(C)C)NC(=O)C(NC(=O)OCc2ccccc2)C(C)CC)cs1. The third-order valence-electron chi connectivity index (χ3n) is 5.33. The van der Waals surface area contributed by atoms with E-state index in [9.17, 15) is 14.4 Å². The lowest BCUT2D eigenvalue weighted by Gasteiger charge is -2.26. The Morgan fingerprint density at radius 3 is 2.35 bits per heavy atom. The second kappa shape index (κ2) is 13.7. The van der Waals surface area contributed by atoms with E-state index >= 15 is 0 Å². The number of thiazole rings is 1. The highest BCUT2D eigenvalue weighted by atomic mass is 32.1. The average Bonchev–Trinajstić information content (AvgIpc) is 3.31. The van der Waals surface area contributed by atoms with Crippen LogP contribution in [0.5, 0.6) is 0 Å². The highest BCUT2D eigenvalue weighted by molar-refractivity contribution is 7.11. The second-order valence-electron chi connectivity index (χ2n) is 8.56. The van der Waals surface area contributed by atoms with Crippen molar-refractivity contribution in [1.82, 2.24) is 15.6 Å². The highest BCUT2D eigenvalue weighted by Crippen LogP contribution is 2.24. The van der Waals surface area contributed by atoms with E-state index < -0.39 is 24.1 Å². The van der Waals surface area contributed by atoms with Crippen molar-refractivity contribution >= 4 is 29.3 Å². The zero-order valence-electron chi connectivity index (χ0n) is 20.5. The summed E-state index contributed by atoms with van der Waals surface area (Å²) in [5.74, 6) is -0.644. The lowest BCUT2D eigenvalue weighted by atomic mass is 9.96. The van der Waals surface area contributed by atoms with Gasteiger partial charge in [0.2, 0.25) is 10.9 Å². The van der Waals surface area contributed by atoms with Gasteiger partial charge in [0.15, 0.2) is 0 Å². The van der Waals surface area contributed by atoms with E-state index in [1.807, 2.05) is 58.0 Å². The Kier molecular flexibility index (Phi) is 11.0. The van der Waals surface area contributed by atoms with Gasteiger partial charge in [-0.05, 0) is 30.7 Å². The summed E-state index contributed by atoms with van der Waals surface area (Å²) in [5, 5.41) is 7.76. The van der Waals surface area contributed by atoms with Gasteiger partial charge in [0.25, 0.3) is 0 Å². The first-order chi connectivity index (χ1) is 16.2. The molecule has 0 spiro atoms. The minimum absolute atomic E-state index is 0.116. The van der Waals surface area contributed by atoms with Crippen LogP contribution in [0.2, 0.25) is 0 Å². The van der Waals surface area contributed by atoms with Crippen LogP contribution in [-0.4, -0.2) is 35.6 Å². The molecule has 2 rings (SSSR count). The molecule has 186 valence electrons. The molecule has 0 radical (unpaired) electrons. The summed E-state index contributed by atoms with van der Waals surface area (Å²) in [6, 6.07) is 8.17. The second-order valence-corrected chi connectivity index (χ2v) is 9.42. The topological polar surface area (TPSA) is 107 Å². The van der Waals surface area contributed by atoms with Crippen molar-refractivity contribution in [3.8, 4) is 0 Å². The maximum absolute atomic E-state index is 13.3. The molecule has 0 fully saturated rings. The lowest BCUT2D eigenvalue weighted by Crippen LogP contribution is -2.51. The molecule has 9 heteroatoms. The van der Waals surface area contributed by atoms with Gasteiger partial charge in [-0.15, -0.1) is 11.3 Å². The van der Waals surface area contributed by atoms with Crippen molar-refractivity contribution in [2.45, 2.75) is 66.2 Å². The lowest BCUT2D eigenvalue weighted by molar-refractivity contribution is -0.125. The predicted octanol–water partition coefficient (Wildman–Crippen LogP) is 4.86. The normalized spacial score (nSPS) is 13.6. The third kappa shape index (κ3) is 8.44. The number of ether oxygens (including phenoxy) is 2. The first-order valence-corrected chi connectivity index (χ1v) is 12.5. The molecule has 0 aliphatic carbocycles.